The van der Waals surface area contributed by atoms with E-state index in [1.165, 1.54) is 0 Å². The van der Waals surface area contributed by atoms with Crippen LogP contribution in [-0.4, -0.2) is 83.9 Å². The van der Waals surface area contributed by atoms with Crippen LogP contribution >= 0.6 is 0 Å². The van der Waals surface area contributed by atoms with E-state index in [0.717, 1.165) is 0 Å². The minimum atomic E-state index is -4.67. The predicted molar refractivity (Wildman–Crippen MR) is 36.9 cm³/mol. The fraction of sp³-hybridized carbons (Fsp3) is 0. The molecule has 0 spiro atoms. The summed E-state index contributed by atoms with van der Waals surface area (Å²) in [6.45, 7) is 0. The second-order valence-corrected chi connectivity index (χ2v) is 2.69. The molecular formula is H6BaO8S2. The van der Waals surface area contributed by atoms with Crippen LogP contribution in [0.4, 0.5) is 0 Å². The summed E-state index contributed by atoms with van der Waals surface area (Å²) in [4.78, 5) is 0. The van der Waals surface area contributed by atoms with Gasteiger partial charge in [-0.05, 0) is 0 Å². The first-order valence-corrected chi connectivity index (χ1v) is 4.19. The molecule has 11 heteroatoms. The maximum atomic E-state index is 8.74. The fourth-order valence-corrected chi connectivity index (χ4v) is 0. The third kappa shape index (κ3) is 570. The first-order chi connectivity index (χ1) is 4.00. The summed E-state index contributed by atoms with van der Waals surface area (Å²) >= 11 is 0. The van der Waals surface area contributed by atoms with Gasteiger partial charge in [-0.2, -0.15) is 16.8 Å². The number of hydrogen-bond donors (Lipinski definition) is 4. The van der Waals surface area contributed by atoms with E-state index in [0.29, 0.717) is 0 Å². The maximum absolute atomic E-state index is 8.74. The molecule has 0 bridgehead atoms. The van der Waals surface area contributed by atoms with E-state index in [1.54, 1.807) is 0 Å². The van der Waals surface area contributed by atoms with Gasteiger partial charge in [-0.3, -0.25) is 18.2 Å². The molecule has 0 aliphatic carbocycles. The van der Waals surface area contributed by atoms with Crippen LogP contribution in [0.15, 0.2) is 0 Å². The van der Waals surface area contributed by atoms with Gasteiger partial charge in [0, 0.05) is 0 Å². The van der Waals surface area contributed by atoms with Gasteiger partial charge in [-0.25, -0.2) is 0 Å². The SMILES string of the molecule is O=S(=O)(O)O.O=S(=O)(O)O.[BaH2]. The van der Waals surface area contributed by atoms with E-state index in [-0.39, 0.29) is 48.9 Å². The molecule has 11 heavy (non-hydrogen) atoms. The van der Waals surface area contributed by atoms with E-state index >= 15 is 0 Å². The van der Waals surface area contributed by atoms with Crippen LogP contribution in [0, 0.1) is 0 Å². The minimum absolute atomic E-state index is 0. The standard InChI is InChI=1S/Ba.2H2O4S.2H/c;2*1-5(2,3)4;;/h;2*(H2,1,2,3,4);;. The van der Waals surface area contributed by atoms with Crippen LogP contribution < -0.4 is 0 Å². The molecule has 0 aromatic carbocycles. The van der Waals surface area contributed by atoms with Crippen LogP contribution in [0.1, 0.15) is 0 Å². The van der Waals surface area contributed by atoms with Gasteiger partial charge in [0.05, 0.1) is 0 Å². The van der Waals surface area contributed by atoms with E-state index in [9.17, 15) is 0 Å². The summed E-state index contributed by atoms with van der Waals surface area (Å²) in [5, 5.41) is 0. The third-order valence-electron chi connectivity index (χ3n) is 0. The van der Waals surface area contributed by atoms with Gasteiger partial charge in [0.25, 0.3) is 0 Å². The molecular weight excluding hydrogens is 329 g/mol. The van der Waals surface area contributed by atoms with Gasteiger partial charge >= 0.3 is 69.7 Å². The van der Waals surface area contributed by atoms with E-state index < -0.39 is 20.8 Å². The van der Waals surface area contributed by atoms with Crippen molar-refractivity contribution in [2.75, 3.05) is 0 Å². The Morgan fingerprint density at radius 1 is 0.636 bits per heavy atom. The normalized spacial score (nSPS) is 10.5. The molecule has 4 N–H and O–H groups in total. The Balaban J connectivity index is -0.000000107. The second kappa shape index (κ2) is 6.79. The van der Waals surface area contributed by atoms with Crippen molar-refractivity contribution in [3.8, 4) is 0 Å². The van der Waals surface area contributed by atoms with E-state index in [1.807, 2.05) is 0 Å². The van der Waals surface area contributed by atoms with Crippen molar-refractivity contribution in [2.45, 2.75) is 0 Å². The van der Waals surface area contributed by atoms with Crippen LogP contribution in [0.25, 0.3) is 0 Å². The molecule has 0 fully saturated rings. The zero-order chi connectivity index (χ0) is 9.00. The van der Waals surface area contributed by atoms with Crippen LogP contribution in [0.2, 0.25) is 0 Å². The zero-order valence-corrected chi connectivity index (χ0v) is 5.87. The van der Waals surface area contributed by atoms with Crippen molar-refractivity contribution in [1.82, 2.24) is 0 Å². The second-order valence-electron chi connectivity index (χ2n) is 0.896. The topological polar surface area (TPSA) is 149 Å². The van der Waals surface area contributed by atoms with Crippen molar-refractivity contribution < 1.29 is 35.0 Å². The summed E-state index contributed by atoms with van der Waals surface area (Å²) in [7, 11) is -9.33. The van der Waals surface area contributed by atoms with E-state index in [4.69, 9.17) is 35.0 Å². The van der Waals surface area contributed by atoms with Gasteiger partial charge in [0.15, 0.2) is 0 Å². The summed E-state index contributed by atoms with van der Waals surface area (Å²) < 4.78 is 63.2. The monoisotopic (exact) mass is 336 g/mol. The third-order valence-corrected chi connectivity index (χ3v) is 0. The van der Waals surface area contributed by atoms with Crippen molar-refractivity contribution in [3.63, 3.8) is 0 Å². The molecule has 0 aliphatic rings. The van der Waals surface area contributed by atoms with Gasteiger partial charge in [0.2, 0.25) is 0 Å². The Hall–Kier alpha value is 1.31. The molecule has 0 saturated carbocycles. The molecule has 0 radical (unpaired) electrons. The fourth-order valence-electron chi connectivity index (χ4n) is 0. The predicted octanol–water partition coefficient (Wildman–Crippen LogP) is -2.22. The molecule has 8 nitrogen and oxygen atoms in total. The molecule has 0 rings (SSSR count). The molecule has 0 aromatic rings. The number of hydrogen-bond acceptors (Lipinski definition) is 4. The zero-order valence-electron chi connectivity index (χ0n) is 4.24. The molecule has 0 unspecified atom stereocenters. The molecule has 0 heterocycles. The molecule has 68 valence electrons. The van der Waals surface area contributed by atoms with E-state index in [2.05, 4.69) is 0 Å². The molecule has 0 aliphatic heterocycles. The van der Waals surface area contributed by atoms with Crippen molar-refractivity contribution >= 4 is 69.7 Å². The van der Waals surface area contributed by atoms with Crippen molar-refractivity contribution in [1.29, 1.82) is 0 Å². The van der Waals surface area contributed by atoms with Gasteiger partial charge in [-0.1, -0.05) is 0 Å². The van der Waals surface area contributed by atoms with Crippen LogP contribution in [0.3, 0.4) is 0 Å². The van der Waals surface area contributed by atoms with Gasteiger partial charge in [0.1, 0.15) is 0 Å². The summed E-state index contributed by atoms with van der Waals surface area (Å²) in [5.74, 6) is 0. The molecule has 0 atom stereocenters. The van der Waals surface area contributed by atoms with Gasteiger partial charge < -0.3 is 0 Å². The molecule has 0 aromatic heterocycles. The quantitative estimate of drug-likeness (QED) is 0.287. The Kier molecular flexibility index (Phi) is 11.2. The summed E-state index contributed by atoms with van der Waals surface area (Å²) in [5.41, 5.74) is 0. The average molecular weight is 336 g/mol. The molecule has 0 amide bonds. The van der Waals surface area contributed by atoms with Crippen molar-refractivity contribution in [3.05, 3.63) is 0 Å². The van der Waals surface area contributed by atoms with Gasteiger partial charge in [-0.15, -0.1) is 0 Å². The number of rotatable bonds is 0. The first-order valence-electron chi connectivity index (χ1n) is 1.40. The average Bonchev–Trinajstić information content (AvgIpc) is 1.12. The Bertz CT molecular complexity index is 208. The summed E-state index contributed by atoms with van der Waals surface area (Å²) in [6, 6.07) is 0. The Morgan fingerprint density at radius 2 is 0.636 bits per heavy atom. The Morgan fingerprint density at radius 3 is 0.636 bits per heavy atom. The van der Waals surface area contributed by atoms with Crippen LogP contribution in [-0.2, 0) is 20.8 Å². The van der Waals surface area contributed by atoms with Crippen molar-refractivity contribution in [2.24, 2.45) is 0 Å². The Labute approximate surface area is 103 Å². The first kappa shape index (κ1) is 18.2. The van der Waals surface area contributed by atoms with Crippen LogP contribution in [0.5, 0.6) is 0 Å². The molecule has 0 saturated heterocycles. The summed E-state index contributed by atoms with van der Waals surface area (Å²) in [6.07, 6.45) is 0.